The molecule has 114 valence electrons. The molecule has 0 aliphatic heterocycles. The van der Waals surface area contributed by atoms with Crippen molar-refractivity contribution >= 4 is 37.6 Å². The van der Waals surface area contributed by atoms with Crippen molar-refractivity contribution in [3.8, 4) is 0 Å². The van der Waals surface area contributed by atoms with Crippen molar-refractivity contribution in [1.82, 2.24) is 19.9 Å². The number of rotatable bonds is 3. The van der Waals surface area contributed by atoms with E-state index in [1.807, 2.05) is 25.3 Å². The number of hydrogen-bond acceptors (Lipinski definition) is 6. The zero-order chi connectivity index (χ0) is 15.8. The van der Waals surface area contributed by atoms with E-state index in [0.29, 0.717) is 6.54 Å². The number of nitrogens with one attached hydrogen (secondary N) is 1. The largest absolute Gasteiger partial charge is 0.365 e. The summed E-state index contributed by atoms with van der Waals surface area (Å²) in [7, 11) is 0. The van der Waals surface area contributed by atoms with Crippen LogP contribution in [-0.2, 0) is 6.54 Å². The lowest BCUT2D eigenvalue weighted by Crippen LogP contribution is -2.01. The van der Waals surface area contributed by atoms with Crippen LogP contribution in [0.25, 0.3) is 20.4 Å². The van der Waals surface area contributed by atoms with Gasteiger partial charge in [-0.2, -0.15) is 0 Å². The van der Waals surface area contributed by atoms with E-state index in [0.717, 1.165) is 37.5 Å². The molecule has 0 fully saturated rings. The molecule has 4 heterocycles. The van der Waals surface area contributed by atoms with E-state index in [2.05, 4.69) is 38.2 Å². The average Bonchev–Trinajstić information content (AvgIpc) is 2.92. The highest BCUT2D eigenvalue weighted by molar-refractivity contribution is 7.26. The first-order valence-electron chi connectivity index (χ1n) is 7.36. The van der Waals surface area contributed by atoms with Crippen molar-refractivity contribution in [3.05, 3.63) is 53.7 Å². The van der Waals surface area contributed by atoms with E-state index in [1.165, 1.54) is 5.56 Å². The minimum atomic E-state index is 0.680. The van der Waals surface area contributed by atoms with Crippen molar-refractivity contribution < 1.29 is 0 Å². The summed E-state index contributed by atoms with van der Waals surface area (Å²) in [5.41, 5.74) is 4.32. The van der Waals surface area contributed by atoms with Crippen LogP contribution in [0, 0.1) is 13.8 Å². The van der Waals surface area contributed by atoms with E-state index in [-0.39, 0.29) is 0 Å². The van der Waals surface area contributed by atoms with Gasteiger partial charge in [0.1, 0.15) is 17.0 Å². The van der Waals surface area contributed by atoms with Crippen molar-refractivity contribution in [2.45, 2.75) is 20.4 Å². The van der Waals surface area contributed by atoms with Gasteiger partial charge in [-0.25, -0.2) is 15.0 Å². The molecule has 23 heavy (non-hydrogen) atoms. The van der Waals surface area contributed by atoms with Gasteiger partial charge < -0.3 is 5.32 Å². The Morgan fingerprint density at radius 2 is 2.13 bits per heavy atom. The maximum absolute atomic E-state index is 4.65. The fraction of sp³-hybridized carbons (Fsp3) is 0.176. The van der Waals surface area contributed by atoms with Crippen molar-refractivity contribution in [2.24, 2.45) is 0 Å². The summed E-state index contributed by atoms with van der Waals surface area (Å²) in [6.07, 6.45) is 5.24. The number of thiophene rings is 1. The Kier molecular flexibility index (Phi) is 3.38. The normalized spacial score (nSPS) is 11.2. The SMILES string of the molecule is Cc1cc(C)c2c(n1)sc1c(NCc3cccnc3)ncnc12. The Morgan fingerprint density at radius 1 is 1.22 bits per heavy atom. The number of hydrogen-bond donors (Lipinski definition) is 1. The molecule has 0 aliphatic rings. The minimum absolute atomic E-state index is 0.680. The Hall–Kier alpha value is -2.60. The van der Waals surface area contributed by atoms with Gasteiger partial charge >= 0.3 is 0 Å². The van der Waals surface area contributed by atoms with E-state index < -0.39 is 0 Å². The van der Waals surface area contributed by atoms with Gasteiger partial charge in [-0.1, -0.05) is 6.07 Å². The van der Waals surface area contributed by atoms with Crippen molar-refractivity contribution in [1.29, 1.82) is 0 Å². The van der Waals surface area contributed by atoms with Gasteiger partial charge in [-0.05, 0) is 37.1 Å². The van der Waals surface area contributed by atoms with Gasteiger partial charge in [0.25, 0.3) is 0 Å². The van der Waals surface area contributed by atoms with Crippen LogP contribution in [0.15, 0.2) is 36.9 Å². The van der Waals surface area contributed by atoms with Crippen molar-refractivity contribution in [3.63, 3.8) is 0 Å². The van der Waals surface area contributed by atoms with Crippen LogP contribution in [-0.4, -0.2) is 19.9 Å². The molecule has 0 spiro atoms. The Balaban J connectivity index is 1.80. The second-order valence-electron chi connectivity index (χ2n) is 5.48. The molecule has 6 heteroatoms. The zero-order valence-electron chi connectivity index (χ0n) is 12.9. The first-order valence-corrected chi connectivity index (χ1v) is 8.18. The molecule has 1 N–H and O–H groups in total. The molecule has 0 atom stereocenters. The number of pyridine rings is 2. The second-order valence-corrected chi connectivity index (χ2v) is 6.48. The molecule has 4 aromatic heterocycles. The molecule has 4 rings (SSSR count). The zero-order valence-corrected chi connectivity index (χ0v) is 13.7. The smallest absolute Gasteiger partial charge is 0.147 e. The minimum Gasteiger partial charge on any atom is -0.365 e. The number of aryl methyl sites for hydroxylation is 2. The first-order chi connectivity index (χ1) is 11.2. The topological polar surface area (TPSA) is 63.6 Å². The van der Waals surface area contributed by atoms with Gasteiger partial charge in [-0.15, -0.1) is 11.3 Å². The van der Waals surface area contributed by atoms with Gasteiger partial charge in [0.2, 0.25) is 0 Å². The van der Waals surface area contributed by atoms with Gasteiger partial charge in [0.05, 0.1) is 10.2 Å². The lowest BCUT2D eigenvalue weighted by molar-refractivity contribution is 1.08. The van der Waals surface area contributed by atoms with Crippen LogP contribution >= 0.6 is 11.3 Å². The lowest BCUT2D eigenvalue weighted by atomic mass is 10.1. The molecule has 0 bridgehead atoms. The van der Waals surface area contributed by atoms with Crippen LogP contribution in [0.5, 0.6) is 0 Å². The highest BCUT2D eigenvalue weighted by Gasteiger charge is 2.14. The summed E-state index contributed by atoms with van der Waals surface area (Å²) >= 11 is 1.64. The monoisotopic (exact) mass is 321 g/mol. The number of anilines is 1. The van der Waals surface area contributed by atoms with Crippen LogP contribution in [0.3, 0.4) is 0 Å². The summed E-state index contributed by atoms with van der Waals surface area (Å²) in [5, 5.41) is 4.52. The van der Waals surface area contributed by atoms with E-state index in [1.54, 1.807) is 23.9 Å². The van der Waals surface area contributed by atoms with Crippen LogP contribution in [0.4, 0.5) is 5.82 Å². The molecule has 0 aromatic carbocycles. The fourth-order valence-corrected chi connectivity index (χ4v) is 3.94. The molecule has 0 amide bonds. The van der Waals surface area contributed by atoms with E-state index in [9.17, 15) is 0 Å². The highest BCUT2D eigenvalue weighted by Crippen LogP contribution is 2.36. The second kappa shape index (κ2) is 5.55. The summed E-state index contributed by atoms with van der Waals surface area (Å²) < 4.78 is 1.05. The summed E-state index contributed by atoms with van der Waals surface area (Å²) in [6.45, 7) is 4.80. The summed E-state index contributed by atoms with van der Waals surface area (Å²) in [6, 6.07) is 6.07. The Labute approximate surface area is 137 Å². The number of fused-ring (bicyclic) bond motifs is 3. The Morgan fingerprint density at radius 3 is 2.96 bits per heavy atom. The van der Waals surface area contributed by atoms with Gasteiger partial charge in [-0.3, -0.25) is 4.98 Å². The predicted octanol–water partition coefficient (Wildman–Crippen LogP) is 3.86. The van der Waals surface area contributed by atoms with Gasteiger partial charge in [0, 0.05) is 30.0 Å². The molecule has 0 radical (unpaired) electrons. The molecule has 0 unspecified atom stereocenters. The molecule has 4 aromatic rings. The predicted molar refractivity (Wildman–Crippen MR) is 93.8 cm³/mol. The molecular weight excluding hydrogens is 306 g/mol. The Bertz CT molecular complexity index is 994. The molecule has 0 saturated heterocycles. The highest BCUT2D eigenvalue weighted by atomic mass is 32.1. The molecule has 5 nitrogen and oxygen atoms in total. The molecule has 0 aliphatic carbocycles. The van der Waals surface area contributed by atoms with Crippen LogP contribution < -0.4 is 5.32 Å². The van der Waals surface area contributed by atoms with E-state index in [4.69, 9.17) is 0 Å². The third-order valence-corrected chi connectivity index (χ3v) is 4.81. The summed E-state index contributed by atoms with van der Waals surface area (Å²) in [5.74, 6) is 0.846. The summed E-state index contributed by atoms with van der Waals surface area (Å²) in [4.78, 5) is 18.7. The van der Waals surface area contributed by atoms with Gasteiger partial charge in [0.15, 0.2) is 0 Å². The quantitative estimate of drug-likeness (QED) is 0.620. The first kappa shape index (κ1) is 14.0. The lowest BCUT2D eigenvalue weighted by Gasteiger charge is -2.05. The molecule has 0 saturated carbocycles. The van der Waals surface area contributed by atoms with Crippen LogP contribution in [0.2, 0.25) is 0 Å². The van der Waals surface area contributed by atoms with E-state index >= 15 is 0 Å². The van der Waals surface area contributed by atoms with Crippen LogP contribution in [0.1, 0.15) is 16.8 Å². The molecular formula is C17H15N5S. The standard InChI is InChI=1S/C17H15N5S/c1-10-6-11(2)22-17-13(10)14-15(23-17)16(21-9-20-14)19-8-12-4-3-5-18-7-12/h3-7,9H,8H2,1-2H3,(H,19,20,21). The van der Waals surface area contributed by atoms with Crippen molar-refractivity contribution in [2.75, 3.05) is 5.32 Å². The fourth-order valence-electron chi connectivity index (χ4n) is 2.72. The maximum atomic E-state index is 4.65. The maximum Gasteiger partial charge on any atom is 0.147 e. The number of nitrogens with zero attached hydrogens (tertiary/aromatic N) is 4. The number of aromatic nitrogens is 4. The average molecular weight is 321 g/mol. The third kappa shape index (κ3) is 2.51. The third-order valence-electron chi connectivity index (χ3n) is 3.73.